The van der Waals surface area contributed by atoms with Gasteiger partial charge in [-0.1, -0.05) is 156 Å². The van der Waals surface area contributed by atoms with Crippen molar-refractivity contribution in [2.24, 2.45) is 5.92 Å². The van der Waals surface area contributed by atoms with Crippen LogP contribution in [0, 0.1) is 5.92 Å². The second-order valence-corrected chi connectivity index (χ2v) is 14.2. The molecule has 0 heterocycles. The van der Waals surface area contributed by atoms with Crippen LogP contribution in [0.1, 0.15) is 201 Å². The number of ether oxygens (including phenoxy) is 3. The number of esters is 1. The summed E-state index contributed by atoms with van der Waals surface area (Å²) in [6.45, 7) is 8.30. The van der Waals surface area contributed by atoms with E-state index < -0.39 is 6.16 Å². The van der Waals surface area contributed by atoms with Gasteiger partial charge in [-0.2, -0.15) is 0 Å². The summed E-state index contributed by atoms with van der Waals surface area (Å²) in [6, 6.07) is 0. The second-order valence-electron chi connectivity index (χ2n) is 14.2. The first kappa shape index (κ1) is 44.7. The van der Waals surface area contributed by atoms with Gasteiger partial charge >= 0.3 is 12.1 Å². The third-order valence-electron chi connectivity index (χ3n) is 9.20. The van der Waals surface area contributed by atoms with Crippen LogP contribution in [0.2, 0.25) is 0 Å². The molecular weight excluding hydrogens is 574 g/mol. The molecule has 46 heavy (non-hydrogen) atoms. The zero-order valence-corrected chi connectivity index (χ0v) is 31.6. The predicted molar refractivity (Wildman–Crippen MR) is 196 cm³/mol. The lowest BCUT2D eigenvalue weighted by Gasteiger charge is -2.19. The third kappa shape index (κ3) is 32.6. The second kappa shape index (κ2) is 35.0. The Morgan fingerprint density at radius 1 is 0.500 bits per heavy atom. The van der Waals surface area contributed by atoms with E-state index in [0.29, 0.717) is 32.0 Å². The van der Waals surface area contributed by atoms with E-state index >= 15 is 0 Å². The molecule has 0 N–H and O–H groups in total. The molecule has 0 radical (unpaired) electrons. The minimum absolute atomic E-state index is 0.0917. The first-order valence-corrected chi connectivity index (χ1v) is 20.1. The van der Waals surface area contributed by atoms with Gasteiger partial charge < -0.3 is 19.1 Å². The highest BCUT2D eigenvalue weighted by Crippen LogP contribution is 2.23. The van der Waals surface area contributed by atoms with Crippen molar-refractivity contribution in [2.45, 2.75) is 207 Å². The van der Waals surface area contributed by atoms with Gasteiger partial charge in [0, 0.05) is 19.4 Å². The first-order chi connectivity index (χ1) is 22.4. The Balaban J connectivity index is 4.67. The van der Waals surface area contributed by atoms with E-state index in [-0.39, 0.29) is 12.1 Å². The van der Waals surface area contributed by atoms with Gasteiger partial charge in [0.2, 0.25) is 0 Å². The summed E-state index contributed by atoms with van der Waals surface area (Å²) in [5.41, 5.74) is 0. The molecular formula is C40H79NO5. The van der Waals surface area contributed by atoms with Gasteiger partial charge in [-0.05, 0) is 52.1 Å². The van der Waals surface area contributed by atoms with Crippen LogP contribution in [0.4, 0.5) is 4.79 Å². The molecule has 0 fully saturated rings. The SMILES string of the molecule is CCCCCCCCCCCCC(CCOC(=O)CC(CCCCCCCC)CCCCCCCC)OC(=O)OCCCN(C)C. The maximum Gasteiger partial charge on any atom is 0.508 e. The highest BCUT2D eigenvalue weighted by atomic mass is 16.7. The summed E-state index contributed by atoms with van der Waals surface area (Å²) in [5.74, 6) is 0.326. The lowest BCUT2D eigenvalue weighted by molar-refractivity contribution is -0.145. The summed E-state index contributed by atoms with van der Waals surface area (Å²) in [4.78, 5) is 27.4. The quantitative estimate of drug-likeness (QED) is 0.0501. The van der Waals surface area contributed by atoms with E-state index in [4.69, 9.17) is 14.2 Å². The number of nitrogens with zero attached hydrogens (tertiary/aromatic N) is 1. The van der Waals surface area contributed by atoms with Crippen molar-refractivity contribution in [3.8, 4) is 0 Å². The molecule has 6 nitrogen and oxygen atoms in total. The van der Waals surface area contributed by atoms with Gasteiger partial charge in [-0.3, -0.25) is 4.79 Å². The fourth-order valence-electron chi connectivity index (χ4n) is 6.20. The Labute approximate surface area is 286 Å². The predicted octanol–water partition coefficient (Wildman–Crippen LogP) is 12.2. The topological polar surface area (TPSA) is 65.1 Å². The maximum absolute atomic E-state index is 12.9. The lowest BCUT2D eigenvalue weighted by Crippen LogP contribution is -2.23. The Kier molecular flexibility index (Phi) is 34.0. The third-order valence-corrected chi connectivity index (χ3v) is 9.20. The first-order valence-electron chi connectivity index (χ1n) is 20.1. The summed E-state index contributed by atoms with van der Waals surface area (Å²) < 4.78 is 16.8. The molecule has 0 aliphatic rings. The van der Waals surface area contributed by atoms with Crippen LogP contribution in [-0.4, -0.2) is 57.0 Å². The van der Waals surface area contributed by atoms with Gasteiger partial charge in [0.05, 0.1) is 13.2 Å². The molecule has 0 saturated carbocycles. The lowest BCUT2D eigenvalue weighted by atomic mass is 9.91. The van der Waals surface area contributed by atoms with Gasteiger partial charge in [0.1, 0.15) is 6.10 Å². The summed E-state index contributed by atoms with van der Waals surface area (Å²) >= 11 is 0. The number of rotatable bonds is 35. The average Bonchev–Trinajstić information content (AvgIpc) is 3.03. The molecule has 0 aliphatic heterocycles. The molecule has 0 aromatic carbocycles. The fraction of sp³-hybridized carbons (Fsp3) is 0.950. The Bertz CT molecular complexity index is 640. The number of carbonyl (C=O) groups is 2. The minimum Gasteiger partial charge on any atom is -0.466 e. The molecule has 0 aromatic rings. The van der Waals surface area contributed by atoms with Crippen molar-refractivity contribution in [3.05, 3.63) is 0 Å². The molecule has 0 aliphatic carbocycles. The van der Waals surface area contributed by atoms with Crippen LogP contribution < -0.4 is 0 Å². The number of carbonyl (C=O) groups excluding carboxylic acids is 2. The van der Waals surface area contributed by atoms with Gasteiger partial charge in [0.15, 0.2) is 0 Å². The largest absolute Gasteiger partial charge is 0.508 e. The molecule has 0 aromatic heterocycles. The van der Waals surface area contributed by atoms with Crippen molar-refractivity contribution in [1.29, 1.82) is 0 Å². The Morgan fingerprint density at radius 3 is 1.39 bits per heavy atom. The Hall–Kier alpha value is -1.30. The van der Waals surface area contributed by atoms with E-state index in [1.807, 2.05) is 14.1 Å². The molecule has 0 bridgehead atoms. The number of unbranched alkanes of at least 4 members (excludes halogenated alkanes) is 19. The average molecular weight is 654 g/mol. The number of hydrogen-bond donors (Lipinski definition) is 0. The van der Waals surface area contributed by atoms with Crippen LogP contribution in [-0.2, 0) is 19.0 Å². The molecule has 0 amide bonds. The van der Waals surface area contributed by atoms with Gasteiger partial charge in [0.25, 0.3) is 0 Å². The smallest absolute Gasteiger partial charge is 0.466 e. The van der Waals surface area contributed by atoms with Crippen molar-refractivity contribution < 1.29 is 23.8 Å². The highest BCUT2D eigenvalue weighted by molar-refractivity contribution is 5.69. The van der Waals surface area contributed by atoms with E-state index in [2.05, 4.69) is 25.7 Å². The molecule has 6 heteroatoms. The van der Waals surface area contributed by atoms with Crippen molar-refractivity contribution in [3.63, 3.8) is 0 Å². The zero-order valence-electron chi connectivity index (χ0n) is 31.6. The highest BCUT2D eigenvalue weighted by Gasteiger charge is 2.19. The Morgan fingerprint density at radius 2 is 0.935 bits per heavy atom. The summed E-state index contributed by atoms with van der Waals surface area (Å²) in [7, 11) is 4.02. The van der Waals surface area contributed by atoms with Gasteiger partial charge in [-0.25, -0.2) is 4.79 Å². The van der Waals surface area contributed by atoms with Crippen LogP contribution in [0.15, 0.2) is 0 Å². The molecule has 1 unspecified atom stereocenters. The number of hydrogen-bond acceptors (Lipinski definition) is 6. The molecule has 0 spiro atoms. The molecule has 0 rings (SSSR count). The summed E-state index contributed by atoms with van der Waals surface area (Å²) in [5, 5.41) is 0. The maximum atomic E-state index is 12.9. The molecule has 274 valence electrons. The van der Waals surface area contributed by atoms with E-state index in [9.17, 15) is 9.59 Å². The minimum atomic E-state index is -0.597. The van der Waals surface area contributed by atoms with E-state index in [1.54, 1.807) is 0 Å². The van der Waals surface area contributed by atoms with Crippen molar-refractivity contribution in [1.82, 2.24) is 4.90 Å². The zero-order chi connectivity index (χ0) is 33.9. The van der Waals surface area contributed by atoms with Crippen molar-refractivity contribution in [2.75, 3.05) is 33.9 Å². The van der Waals surface area contributed by atoms with Gasteiger partial charge in [-0.15, -0.1) is 0 Å². The molecule has 0 saturated heterocycles. The van der Waals surface area contributed by atoms with Crippen LogP contribution >= 0.6 is 0 Å². The van der Waals surface area contributed by atoms with E-state index in [1.165, 1.54) is 128 Å². The van der Waals surface area contributed by atoms with Crippen LogP contribution in [0.25, 0.3) is 0 Å². The van der Waals surface area contributed by atoms with E-state index in [0.717, 1.165) is 45.1 Å². The normalized spacial score (nSPS) is 12.2. The fourth-order valence-corrected chi connectivity index (χ4v) is 6.20. The van der Waals surface area contributed by atoms with Crippen LogP contribution in [0.3, 0.4) is 0 Å². The summed E-state index contributed by atoms with van der Waals surface area (Å²) in [6.07, 6.45) is 32.1. The molecule has 1 atom stereocenters. The van der Waals surface area contributed by atoms with Crippen molar-refractivity contribution >= 4 is 12.1 Å². The standard InChI is InChI=1S/C40H79NO5/c1-6-9-12-15-18-19-20-21-24-27-31-38(46-40(43)45-34-28-33-41(4)5)32-35-44-39(42)36-37(29-25-22-16-13-10-7-2)30-26-23-17-14-11-8-3/h37-38H,6-36H2,1-5H3. The monoisotopic (exact) mass is 654 g/mol. The van der Waals surface area contributed by atoms with Crippen LogP contribution in [0.5, 0.6) is 0 Å².